The third kappa shape index (κ3) is 4.86. The molecule has 0 radical (unpaired) electrons. The summed E-state index contributed by atoms with van der Waals surface area (Å²) in [6, 6.07) is 1.28. The number of rotatable bonds is 8. The highest BCUT2D eigenvalue weighted by Crippen LogP contribution is 2.28. The molecule has 20 heavy (non-hydrogen) atoms. The van der Waals surface area contributed by atoms with Crippen LogP contribution in [0.1, 0.15) is 19.3 Å². The van der Waals surface area contributed by atoms with Crippen LogP contribution in [0, 0.1) is 5.92 Å². The van der Waals surface area contributed by atoms with Gasteiger partial charge in [-0.2, -0.15) is 0 Å². The number of sulfonamides is 1. The van der Waals surface area contributed by atoms with Crippen molar-refractivity contribution in [3.05, 3.63) is 22.4 Å². The van der Waals surface area contributed by atoms with E-state index in [1.54, 1.807) is 0 Å². The molecule has 1 aromatic rings. The summed E-state index contributed by atoms with van der Waals surface area (Å²) in [6.45, 7) is 1.65. The SMILES string of the molecule is O=S(=O)(NCCCOCC1CC1)c1cnc(Cl)c(Cl)c1. The van der Waals surface area contributed by atoms with Crippen molar-refractivity contribution >= 4 is 33.2 Å². The number of nitrogens with zero attached hydrogens (tertiary/aromatic N) is 1. The van der Waals surface area contributed by atoms with E-state index in [0.717, 1.165) is 6.61 Å². The summed E-state index contributed by atoms with van der Waals surface area (Å²) < 4.78 is 31.8. The van der Waals surface area contributed by atoms with Gasteiger partial charge in [-0.25, -0.2) is 18.1 Å². The van der Waals surface area contributed by atoms with Crippen LogP contribution >= 0.6 is 23.2 Å². The Morgan fingerprint density at radius 1 is 1.40 bits per heavy atom. The Labute approximate surface area is 128 Å². The molecule has 2 rings (SSSR count). The van der Waals surface area contributed by atoms with Gasteiger partial charge in [-0.15, -0.1) is 0 Å². The molecule has 0 aliphatic heterocycles. The second kappa shape index (κ2) is 7.04. The van der Waals surface area contributed by atoms with Gasteiger partial charge >= 0.3 is 0 Å². The van der Waals surface area contributed by atoms with Crippen molar-refractivity contribution in [2.45, 2.75) is 24.2 Å². The molecule has 1 aliphatic carbocycles. The minimum Gasteiger partial charge on any atom is -0.381 e. The third-order valence-corrected chi connectivity index (χ3v) is 5.00. The number of nitrogens with one attached hydrogen (secondary N) is 1. The fraction of sp³-hybridized carbons (Fsp3) is 0.583. The summed E-state index contributed by atoms with van der Waals surface area (Å²) in [7, 11) is -3.60. The molecule has 1 aliphatic rings. The van der Waals surface area contributed by atoms with Gasteiger partial charge in [0.2, 0.25) is 10.0 Å². The van der Waals surface area contributed by atoms with Gasteiger partial charge in [0.15, 0.2) is 0 Å². The summed E-state index contributed by atoms with van der Waals surface area (Å²) in [5.41, 5.74) is 0. The van der Waals surface area contributed by atoms with Gasteiger partial charge < -0.3 is 4.74 Å². The quantitative estimate of drug-likeness (QED) is 0.584. The lowest BCUT2D eigenvalue weighted by molar-refractivity contribution is 0.123. The highest BCUT2D eigenvalue weighted by atomic mass is 35.5. The number of halogens is 2. The predicted molar refractivity (Wildman–Crippen MR) is 77.6 cm³/mol. The van der Waals surface area contributed by atoms with Crippen LogP contribution in [0.5, 0.6) is 0 Å². The van der Waals surface area contributed by atoms with Gasteiger partial charge in [-0.3, -0.25) is 0 Å². The van der Waals surface area contributed by atoms with E-state index >= 15 is 0 Å². The molecule has 5 nitrogen and oxygen atoms in total. The number of pyridine rings is 1. The second-order valence-electron chi connectivity index (χ2n) is 4.71. The normalized spacial score (nSPS) is 15.5. The fourth-order valence-corrected chi connectivity index (χ4v) is 2.93. The van der Waals surface area contributed by atoms with Gasteiger partial charge in [0.25, 0.3) is 0 Å². The number of aromatic nitrogens is 1. The van der Waals surface area contributed by atoms with Crippen molar-refractivity contribution in [2.75, 3.05) is 19.8 Å². The van der Waals surface area contributed by atoms with E-state index < -0.39 is 10.0 Å². The first-order chi connectivity index (χ1) is 9.49. The Balaban J connectivity index is 1.76. The Bertz CT molecular complexity index is 562. The summed E-state index contributed by atoms with van der Waals surface area (Å²) >= 11 is 11.4. The summed E-state index contributed by atoms with van der Waals surface area (Å²) in [4.78, 5) is 3.72. The lowest BCUT2D eigenvalue weighted by Gasteiger charge is -2.07. The topological polar surface area (TPSA) is 68.3 Å². The average molecular weight is 339 g/mol. The van der Waals surface area contributed by atoms with Crippen LogP contribution < -0.4 is 4.72 Å². The lowest BCUT2D eigenvalue weighted by Crippen LogP contribution is -2.25. The molecule has 0 spiro atoms. The largest absolute Gasteiger partial charge is 0.381 e. The first-order valence-electron chi connectivity index (χ1n) is 6.37. The zero-order valence-electron chi connectivity index (χ0n) is 10.8. The molecule has 1 saturated carbocycles. The number of hydrogen-bond acceptors (Lipinski definition) is 4. The Morgan fingerprint density at radius 2 is 2.15 bits per heavy atom. The van der Waals surface area contributed by atoms with Crippen LogP contribution in [-0.4, -0.2) is 33.2 Å². The molecule has 1 aromatic heterocycles. The minimum absolute atomic E-state index is 0.00537. The van der Waals surface area contributed by atoms with Crippen LogP contribution in [0.3, 0.4) is 0 Å². The molecule has 1 N–H and O–H groups in total. The Hall–Kier alpha value is -0.400. The maximum Gasteiger partial charge on any atom is 0.242 e. The van der Waals surface area contributed by atoms with Crippen LogP contribution in [0.4, 0.5) is 0 Å². The van der Waals surface area contributed by atoms with E-state index in [2.05, 4.69) is 9.71 Å². The van der Waals surface area contributed by atoms with Crippen LogP contribution in [0.15, 0.2) is 17.2 Å². The van der Waals surface area contributed by atoms with Crippen molar-refractivity contribution < 1.29 is 13.2 Å². The molecule has 0 saturated heterocycles. The van der Waals surface area contributed by atoms with E-state index in [-0.39, 0.29) is 15.1 Å². The van der Waals surface area contributed by atoms with Gasteiger partial charge in [0.05, 0.1) is 5.02 Å². The van der Waals surface area contributed by atoms with E-state index in [1.807, 2.05) is 0 Å². The average Bonchev–Trinajstić information content (AvgIpc) is 3.21. The molecule has 0 atom stereocenters. The standard InChI is InChI=1S/C12H16Cl2N2O3S/c13-11-6-10(7-15-12(11)14)20(17,18)16-4-1-5-19-8-9-2-3-9/h6-7,9,16H,1-5,8H2. The third-order valence-electron chi connectivity index (χ3n) is 2.89. The van der Waals surface area contributed by atoms with Gasteiger partial charge in [-0.1, -0.05) is 23.2 Å². The fourth-order valence-electron chi connectivity index (χ4n) is 1.55. The molecule has 8 heteroatoms. The monoisotopic (exact) mass is 338 g/mol. The molecule has 1 fully saturated rings. The van der Waals surface area contributed by atoms with Crippen LogP contribution in [0.2, 0.25) is 10.2 Å². The molecule has 0 aromatic carbocycles. The molecular weight excluding hydrogens is 323 g/mol. The molecule has 0 unspecified atom stereocenters. The summed E-state index contributed by atoms with van der Waals surface area (Å²) in [6.07, 6.45) is 4.30. The van der Waals surface area contributed by atoms with Crippen LogP contribution in [-0.2, 0) is 14.8 Å². The number of hydrogen-bond donors (Lipinski definition) is 1. The van der Waals surface area contributed by atoms with Crippen molar-refractivity contribution in [3.63, 3.8) is 0 Å². The first-order valence-corrected chi connectivity index (χ1v) is 8.61. The summed E-state index contributed by atoms with van der Waals surface area (Å²) in [5, 5.41) is 0.196. The zero-order chi connectivity index (χ0) is 14.6. The van der Waals surface area contributed by atoms with Gasteiger partial charge in [0, 0.05) is 26.0 Å². The van der Waals surface area contributed by atoms with E-state index in [0.29, 0.717) is 25.5 Å². The van der Waals surface area contributed by atoms with Crippen molar-refractivity contribution in [1.82, 2.24) is 9.71 Å². The smallest absolute Gasteiger partial charge is 0.242 e. The van der Waals surface area contributed by atoms with Crippen molar-refractivity contribution in [3.8, 4) is 0 Å². The highest BCUT2D eigenvalue weighted by molar-refractivity contribution is 7.89. The minimum atomic E-state index is -3.60. The lowest BCUT2D eigenvalue weighted by atomic mass is 10.4. The van der Waals surface area contributed by atoms with Crippen molar-refractivity contribution in [2.24, 2.45) is 5.92 Å². The van der Waals surface area contributed by atoms with Gasteiger partial charge in [0.1, 0.15) is 10.0 Å². The molecule has 0 amide bonds. The van der Waals surface area contributed by atoms with Crippen molar-refractivity contribution in [1.29, 1.82) is 0 Å². The first kappa shape index (κ1) is 16.0. The van der Waals surface area contributed by atoms with E-state index in [4.69, 9.17) is 27.9 Å². The molecule has 0 bridgehead atoms. The molecule has 1 heterocycles. The predicted octanol–water partition coefficient (Wildman–Crippen LogP) is 2.48. The maximum atomic E-state index is 12.0. The molecule has 112 valence electrons. The van der Waals surface area contributed by atoms with E-state index in [1.165, 1.54) is 25.1 Å². The zero-order valence-corrected chi connectivity index (χ0v) is 13.1. The van der Waals surface area contributed by atoms with Crippen LogP contribution in [0.25, 0.3) is 0 Å². The summed E-state index contributed by atoms with van der Waals surface area (Å²) in [5.74, 6) is 0.717. The Kier molecular flexibility index (Phi) is 5.63. The Morgan fingerprint density at radius 3 is 2.80 bits per heavy atom. The van der Waals surface area contributed by atoms with E-state index in [9.17, 15) is 8.42 Å². The van der Waals surface area contributed by atoms with Gasteiger partial charge in [-0.05, 0) is 31.2 Å². The maximum absolute atomic E-state index is 12.0. The second-order valence-corrected chi connectivity index (χ2v) is 7.25. The number of ether oxygens (including phenoxy) is 1. The highest BCUT2D eigenvalue weighted by Gasteiger charge is 2.21. The molecular formula is C12H16Cl2N2O3S.